The fourth-order valence-corrected chi connectivity index (χ4v) is 2.47. The summed E-state index contributed by atoms with van der Waals surface area (Å²) in [5.41, 5.74) is 0. The van der Waals surface area contributed by atoms with Crippen molar-refractivity contribution in [2.75, 3.05) is 0 Å². The van der Waals surface area contributed by atoms with Crippen LogP contribution in [0.15, 0.2) is 36.5 Å². The van der Waals surface area contributed by atoms with Crippen LogP contribution in [0.1, 0.15) is 64.7 Å². The average molecular weight is 336 g/mol. The predicted molar refractivity (Wildman–Crippen MR) is 97.0 cm³/mol. The maximum atomic E-state index is 10.3. The first-order valence-corrected chi connectivity index (χ1v) is 9.17. The number of carboxylic acid groups (broad SMARTS) is 1. The molecule has 0 aromatic carbocycles. The Morgan fingerprint density at radius 1 is 1.17 bits per heavy atom. The van der Waals surface area contributed by atoms with Crippen LogP contribution in [0.3, 0.4) is 0 Å². The van der Waals surface area contributed by atoms with Gasteiger partial charge in [0.1, 0.15) is 6.10 Å². The van der Waals surface area contributed by atoms with Gasteiger partial charge in [0.2, 0.25) is 0 Å². The lowest BCUT2D eigenvalue weighted by molar-refractivity contribution is -0.137. The Morgan fingerprint density at radius 2 is 1.96 bits per heavy atom. The van der Waals surface area contributed by atoms with Crippen molar-refractivity contribution in [1.29, 1.82) is 0 Å². The highest BCUT2D eigenvalue weighted by atomic mass is 16.6. The molecule has 4 heteroatoms. The van der Waals surface area contributed by atoms with E-state index in [1.54, 1.807) is 0 Å². The van der Waals surface area contributed by atoms with Crippen molar-refractivity contribution in [3.05, 3.63) is 36.5 Å². The summed E-state index contributed by atoms with van der Waals surface area (Å²) in [5.74, 6) is -0.741. The number of aliphatic carboxylic acids is 1. The Labute approximate surface area is 145 Å². The van der Waals surface area contributed by atoms with Gasteiger partial charge in [-0.25, -0.2) is 0 Å². The van der Waals surface area contributed by atoms with Gasteiger partial charge in [-0.3, -0.25) is 4.79 Å². The normalized spacial score (nSPS) is 21.9. The van der Waals surface area contributed by atoms with Gasteiger partial charge in [0.05, 0.1) is 12.2 Å². The highest BCUT2D eigenvalue weighted by Gasteiger charge is 2.35. The monoisotopic (exact) mass is 336 g/mol. The standard InChI is InChI=1S/C20H32O4/c1-2-3-9-13-18-19(24-18)16-15-17(21)12-10-7-5-4-6-8-11-14-20(22)23/h4,6-7,10,15-19,21H,2-3,5,8-9,11-14H2,1H3,(H,22,23). The van der Waals surface area contributed by atoms with Crippen LogP contribution < -0.4 is 0 Å². The number of hydrogen-bond acceptors (Lipinski definition) is 3. The van der Waals surface area contributed by atoms with E-state index < -0.39 is 12.1 Å². The second kappa shape index (κ2) is 13.0. The van der Waals surface area contributed by atoms with E-state index in [4.69, 9.17) is 9.84 Å². The fraction of sp³-hybridized carbons (Fsp3) is 0.650. The summed E-state index contributed by atoms with van der Waals surface area (Å²) in [6, 6.07) is 0. The maximum absolute atomic E-state index is 10.3. The van der Waals surface area contributed by atoms with E-state index >= 15 is 0 Å². The lowest BCUT2D eigenvalue weighted by Gasteiger charge is -1.99. The first kappa shape index (κ1) is 20.7. The molecular weight excluding hydrogens is 304 g/mol. The van der Waals surface area contributed by atoms with Gasteiger partial charge >= 0.3 is 5.97 Å². The molecule has 24 heavy (non-hydrogen) atoms. The third-order valence-corrected chi connectivity index (χ3v) is 3.98. The van der Waals surface area contributed by atoms with Crippen LogP contribution in [0.2, 0.25) is 0 Å². The van der Waals surface area contributed by atoms with E-state index in [1.807, 2.05) is 36.5 Å². The summed E-state index contributed by atoms with van der Waals surface area (Å²) in [6.07, 6.45) is 19.9. The predicted octanol–water partition coefficient (Wildman–Crippen LogP) is 4.40. The maximum Gasteiger partial charge on any atom is 0.303 e. The molecule has 1 fully saturated rings. The second-order valence-electron chi connectivity index (χ2n) is 6.29. The van der Waals surface area contributed by atoms with Crippen LogP contribution in [0.4, 0.5) is 0 Å². The molecule has 3 unspecified atom stereocenters. The number of aliphatic hydroxyl groups excluding tert-OH is 1. The van der Waals surface area contributed by atoms with Gasteiger partial charge in [-0.15, -0.1) is 0 Å². The van der Waals surface area contributed by atoms with Crippen LogP contribution in [0.25, 0.3) is 0 Å². The van der Waals surface area contributed by atoms with E-state index in [0.717, 1.165) is 19.3 Å². The Hall–Kier alpha value is -1.39. The zero-order valence-corrected chi connectivity index (χ0v) is 14.8. The van der Waals surface area contributed by atoms with Crippen LogP contribution in [-0.4, -0.2) is 34.5 Å². The van der Waals surface area contributed by atoms with Crippen LogP contribution >= 0.6 is 0 Å². The Kier molecular flexibility index (Phi) is 11.2. The van der Waals surface area contributed by atoms with Crippen molar-refractivity contribution in [3.8, 4) is 0 Å². The SMILES string of the molecule is CCCCCC1OC1C=CC(O)CC=CCC=CCCCC(=O)O. The molecule has 1 aliphatic heterocycles. The largest absolute Gasteiger partial charge is 0.481 e. The van der Waals surface area contributed by atoms with Crippen LogP contribution in [0, 0.1) is 0 Å². The van der Waals surface area contributed by atoms with E-state index in [1.165, 1.54) is 19.3 Å². The Bertz CT molecular complexity index is 425. The first-order chi connectivity index (χ1) is 11.6. The molecule has 0 saturated carbocycles. The number of ether oxygens (including phenoxy) is 1. The zero-order valence-electron chi connectivity index (χ0n) is 14.8. The number of aliphatic hydroxyl groups is 1. The molecule has 4 nitrogen and oxygen atoms in total. The van der Waals surface area contributed by atoms with Crippen molar-refractivity contribution in [2.45, 2.75) is 83.0 Å². The molecular formula is C20H32O4. The Balaban J connectivity index is 2.01. The van der Waals surface area contributed by atoms with Crippen molar-refractivity contribution in [2.24, 2.45) is 0 Å². The third kappa shape index (κ3) is 11.2. The summed E-state index contributed by atoms with van der Waals surface area (Å²) in [6.45, 7) is 2.20. The molecule has 1 rings (SSSR count). The van der Waals surface area contributed by atoms with Crippen LogP contribution in [0.5, 0.6) is 0 Å². The quantitative estimate of drug-likeness (QED) is 0.280. The minimum absolute atomic E-state index is 0.203. The average Bonchev–Trinajstić information content (AvgIpc) is 3.30. The topological polar surface area (TPSA) is 70.1 Å². The molecule has 0 bridgehead atoms. The Morgan fingerprint density at radius 3 is 2.71 bits per heavy atom. The number of carboxylic acids is 1. The van der Waals surface area contributed by atoms with Crippen molar-refractivity contribution in [1.82, 2.24) is 0 Å². The van der Waals surface area contributed by atoms with E-state index in [0.29, 0.717) is 18.9 Å². The zero-order chi connectivity index (χ0) is 17.6. The van der Waals surface area contributed by atoms with E-state index in [-0.39, 0.29) is 12.5 Å². The van der Waals surface area contributed by atoms with Crippen molar-refractivity contribution in [3.63, 3.8) is 0 Å². The molecule has 136 valence electrons. The second-order valence-corrected chi connectivity index (χ2v) is 6.29. The molecule has 0 radical (unpaired) electrons. The molecule has 0 aliphatic carbocycles. The molecule has 2 N–H and O–H groups in total. The molecule has 0 spiro atoms. The van der Waals surface area contributed by atoms with Gasteiger partial charge in [0.15, 0.2) is 0 Å². The highest BCUT2D eigenvalue weighted by molar-refractivity contribution is 5.66. The van der Waals surface area contributed by atoms with Gasteiger partial charge in [-0.1, -0.05) is 62.6 Å². The number of hydrogen-bond donors (Lipinski definition) is 2. The molecule has 1 heterocycles. The minimum atomic E-state index is -0.741. The van der Waals surface area contributed by atoms with Gasteiger partial charge in [0.25, 0.3) is 0 Å². The first-order valence-electron chi connectivity index (χ1n) is 9.17. The number of rotatable bonds is 14. The number of unbranched alkanes of at least 4 members (excludes halogenated alkanes) is 3. The number of carbonyl (C=O) groups is 1. The third-order valence-electron chi connectivity index (χ3n) is 3.98. The molecule has 1 saturated heterocycles. The molecule has 0 aromatic heterocycles. The molecule has 1 aliphatic rings. The smallest absolute Gasteiger partial charge is 0.303 e. The fourth-order valence-electron chi connectivity index (χ4n) is 2.47. The highest BCUT2D eigenvalue weighted by Crippen LogP contribution is 2.28. The minimum Gasteiger partial charge on any atom is -0.481 e. The molecule has 0 aromatic rings. The van der Waals surface area contributed by atoms with Gasteiger partial charge in [-0.05, 0) is 32.1 Å². The van der Waals surface area contributed by atoms with Gasteiger partial charge in [0, 0.05) is 6.42 Å². The summed E-state index contributed by atoms with van der Waals surface area (Å²) in [4.78, 5) is 10.3. The lowest BCUT2D eigenvalue weighted by atomic mass is 10.1. The number of allylic oxidation sites excluding steroid dienone is 3. The summed E-state index contributed by atoms with van der Waals surface area (Å²) in [7, 11) is 0. The number of epoxide rings is 1. The van der Waals surface area contributed by atoms with Crippen molar-refractivity contribution >= 4 is 5.97 Å². The van der Waals surface area contributed by atoms with Crippen LogP contribution in [-0.2, 0) is 9.53 Å². The molecule has 0 amide bonds. The summed E-state index contributed by atoms with van der Waals surface area (Å²) in [5, 5.41) is 18.4. The van der Waals surface area contributed by atoms with E-state index in [2.05, 4.69) is 6.92 Å². The van der Waals surface area contributed by atoms with Gasteiger partial charge in [-0.2, -0.15) is 0 Å². The van der Waals surface area contributed by atoms with Crippen molar-refractivity contribution < 1.29 is 19.7 Å². The van der Waals surface area contributed by atoms with E-state index in [9.17, 15) is 9.90 Å². The lowest BCUT2D eigenvalue weighted by Crippen LogP contribution is -2.00. The van der Waals surface area contributed by atoms with Gasteiger partial charge < -0.3 is 14.9 Å². The molecule has 3 atom stereocenters. The summed E-state index contributed by atoms with van der Waals surface area (Å²) >= 11 is 0. The summed E-state index contributed by atoms with van der Waals surface area (Å²) < 4.78 is 5.56.